The molecule has 0 saturated carbocycles. The Bertz CT molecular complexity index is 383. The summed E-state index contributed by atoms with van der Waals surface area (Å²) in [6.07, 6.45) is 1.73. The lowest BCUT2D eigenvalue weighted by Gasteiger charge is -1.99. The van der Waals surface area contributed by atoms with Gasteiger partial charge in [0.2, 0.25) is 0 Å². The van der Waals surface area contributed by atoms with Gasteiger partial charge in [-0.05, 0) is 26.0 Å². The van der Waals surface area contributed by atoms with Gasteiger partial charge >= 0.3 is 0 Å². The first-order valence-corrected chi connectivity index (χ1v) is 3.83. The van der Waals surface area contributed by atoms with Gasteiger partial charge in [0.05, 0.1) is 11.4 Å². The van der Waals surface area contributed by atoms with Crippen LogP contribution in [0.4, 0.5) is 0 Å². The molecule has 60 valence electrons. The molecule has 3 nitrogen and oxygen atoms in total. The fourth-order valence-corrected chi connectivity index (χ4v) is 1.06. The molecule has 0 N–H and O–H groups in total. The van der Waals surface area contributed by atoms with E-state index in [0.29, 0.717) is 0 Å². The van der Waals surface area contributed by atoms with E-state index in [1.54, 1.807) is 6.20 Å². The van der Waals surface area contributed by atoms with Crippen molar-refractivity contribution in [2.75, 3.05) is 0 Å². The van der Waals surface area contributed by atoms with Crippen LogP contribution in [-0.4, -0.2) is 15.0 Å². The number of rotatable bonds is 0. The Hall–Kier alpha value is -1.51. The van der Waals surface area contributed by atoms with Crippen LogP contribution in [0.15, 0.2) is 18.3 Å². The predicted octanol–water partition coefficient (Wildman–Crippen LogP) is 1.64. The van der Waals surface area contributed by atoms with E-state index in [1.165, 1.54) is 0 Å². The number of aryl methyl sites for hydroxylation is 2. The Balaban J connectivity index is 2.84. The van der Waals surface area contributed by atoms with Crippen LogP contribution in [0.25, 0.3) is 11.2 Å². The molecule has 12 heavy (non-hydrogen) atoms. The molecule has 0 amide bonds. The molecule has 3 heteroatoms. The predicted molar refractivity (Wildman–Crippen MR) is 46.8 cm³/mol. The molecule has 0 atom stereocenters. The van der Waals surface area contributed by atoms with Gasteiger partial charge in [-0.2, -0.15) is 0 Å². The summed E-state index contributed by atoms with van der Waals surface area (Å²) in [6, 6.07) is 3.79. The Labute approximate surface area is 70.5 Å². The van der Waals surface area contributed by atoms with Crippen LogP contribution in [0.3, 0.4) is 0 Å². The molecular formula is C9H9N3. The first-order chi connectivity index (χ1) is 5.77. The highest BCUT2D eigenvalue weighted by atomic mass is 14.9. The molecule has 2 rings (SSSR count). The first kappa shape index (κ1) is 7.16. The van der Waals surface area contributed by atoms with Crippen LogP contribution >= 0.6 is 0 Å². The van der Waals surface area contributed by atoms with Crippen LogP contribution in [0, 0.1) is 13.8 Å². The fourth-order valence-electron chi connectivity index (χ4n) is 1.06. The third kappa shape index (κ3) is 1.03. The topological polar surface area (TPSA) is 38.7 Å². The minimum Gasteiger partial charge on any atom is -0.248 e. The second-order valence-electron chi connectivity index (χ2n) is 2.74. The summed E-state index contributed by atoms with van der Waals surface area (Å²) >= 11 is 0. The molecule has 0 unspecified atom stereocenters. The molecule has 2 heterocycles. The second-order valence-corrected chi connectivity index (χ2v) is 2.74. The van der Waals surface area contributed by atoms with Crippen molar-refractivity contribution in [2.45, 2.75) is 13.8 Å². The van der Waals surface area contributed by atoms with Gasteiger partial charge in [0.15, 0.2) is 5.65 Å². The summed E-state index contributed by atoms with van der Waals surface area (Å²) in [5.74, 6) is 0. The van der Waals surface area contributed by atoms with Crippen LogP contribution in [-0.2, 0) is 0 Å². The highest BCUT2D eigenvalue weighted by Crippen LogP contribution is 2.08. The van der Waals surface area contributed by atoms with Crippen LogP contribution < -0.4 is 0 Å². The molecular weight excluding hydrogens is 150 g/mol. The van der Waals surface area contributed by atoms with Gasteiger partial charge in [-0.1, -0.05) is 0 Å². The number of fused-ring (bicyclic) bond motifs is 1. The third-order valence-electron chi connectivity index (χ3n) is 1.85. The molecule has 2 aromatic heterocycles. The summed E-state index contributed by atoms with van der Waals surface area (Å²) in [5.41, 5.74) is 3.50. The zero-order valence-electron chi connectivity index (χ0n) is 7.07. The first-order valence-electron chi connectivity index (χ1n) is 3.83. The monoisotopic (exact) mass is 159 g/mol. The van der Waals surface area contributed by atoms with Crippen LogP contribution in [0.1, 0.15) is 11.4 Å². The van der Waals surface area contributed by atoms with E-state index in [-0.39, 0.29) is 0 Å². The number of hydrogen-bond acceptors (Lipinski definition) is 3. The number of pyridine rings is 1. The average Bonchev–Trinajstić information content (AvgIpc) is 2.07. The second kappa shape index (κ2) is 2.52. The molecule has 0 aliphatic heterocycles. The third-order valence-corrected chi connectivity index (χ3v) is 1.85. The van der Waals surface area contributed by atoms with Crippen molar-refractivity contribution in [3.63, 3.8) is 0 Å². The lowest BCUT2D eigenvalue weighted by atomic mass is 10.3. The minimum absolute atomic E-state index is 0.723. The van der Waals surface area contributed by atoms with Crippen molar-refractivity contribution >= 4 is 11.2 Å². The quantitative estimate of drug-likeness (QED) is 0.586. The molecule has 2 aromatic rings. The maximum Gasteiger partial charge on any atom is 0.178 e. The lowest BCUT2D eigenvalue weighted by molar-refractivity contribution is 1.08. The van der Waals surface area contributed by atoms with Crippen LogP contribution in [0.2, 0.25) is 0 Å². The van der Waals surface area contributed by atoms with Gasteiger partial charge in [0.25, 0.3) is 0 Å². The van der Waals surface area contributed by atoms with Crippen molar-refractivity contribution in [1.29, 1.82) is 0 Å². The molecule has 0 radical (unpaired) electrons. The summed E-state index contributed by atoms with van der Waals surface area (Å²) < 4.78 is 0. The van der Waals surface area contributed by atoms with Crippen molar-refractivity contribution in [2.24, 2.45) is 0 Å². The Morgan fingerprint density at radius 2 is 1.83 bits per heavy atom. The van der Waals surface area contributed by atoms with Crippen molar-refractivity contribution in [3.05, 3.63) is 29.7 Å². The molecule has 0 aromatic carbocycles. The molecule has 0 fully saturated rings. The normalized spacial score (nSPS) is 10.5. The Kier molecular flexibility index (Phi) is 1.50. The molecule has 0 aliphatic carbocycles. The highest BCUT2D eigenvalue weighted by Gasteiger charge is 1.99. The zero-order valence-corrected chi connectivity index (χ0v) is 7.07. The zero-order chi connectivity index (χ0) is 8.55. The van der Waals surface area contributed by atoms with E-state index in [4.69, 9.17) is 0 Å². The van der Waals surface area contributed by atoms with Gasteiger partial charge in [-0.3, -0.25) is 0 Å². The van der Waals surface area contributed by atoms with Crippen molar-refractivity contribution in [1.82, 2.24) is 15.0 Å². The van der Waals surface area contributed by atoms with Crippen LogP contribution in [0.5, 0.6) is 0 Å². The summed E-state index contributed by atoms with van der Waals surface area (Å²) in [7, 11) is 0. The van der Waals surface area contributed by atoms with E-state index >= 15 is 0 Å². The van der Waals surface area contributed by atoms with E-state index < -0.39 is 0 Å². The van der Waals surface area contributed by atoms with E-state index in [2.05, 4.69) is 15.0 Å². The van der Waals surface area contributed by atoms with Gasteiger partial charge in [-0.15, -0.1) is 0 Å². The summed E-state index contributed by atoms with van der Waals surface area (Å²) in [5, 5.41) is 0. The fraction of sp³-hybridized carbons (Fsp3) is 0.222. The lowest BCUT2D eigenvalue weighted by Crippen LogP contribution is -1.94. The summed E-state index contributed by atoms with van der Waals surface area (Å²) in [6.45, 7) is 3.89. The maximum atomic E-state index is 4.35. The number of nitrogens with zero attached hydrogens (tertiary/aromatic N) is 3. The molecule has 0 saturated heterocycles. The SMILES string of the molecule is Cc1nc2cccnc2nc1C. The highest BCUT2D eigenvalue weighted by molar-refractivity contribution is 5.69. The van der Waals surface area contributed by atoms with Crippen molar-refractivity contribution < 1.29 is 0 Å². The Morgan fingerprint density at radius 1 is 1.08 bits per heavy atom. The van der Waals surface area contributed by atoms with Gasteiger partial charge in [0, 0.05) is 6.20 Å². The maximum absolute atomic E-state index is 4.35. The minimum atomic E-state index is 0.723. The van der Waals surface area contributed by atoms with E-state index in [1.807, 2.05) is 26.0 Å². The van der Waals surface area contributed by atoms with E-state index in [0.717, 1.165) is 22.6 Å². The molecule has 0 spiro atoms. The molecule has 0 bridgehead atoms. The smallest absolute Gasteiger partial charge is 0.178 e. The largest absolute Gasteiger partial charge is 0.248 e. The van der Waals surface area contributed by atoms with Gasteiger partial charge in [-0.25, -0.2) is 15.0 Å². The number of aromatic nitrogens is 3. The van der Waals surface area contributed by atoms with E-state index in [9.17, 15) is 0 Å². The average molecular weight is 159 g/mol. The summed E-state index contributed by atoms with van der Waals surface area (Å²) in [4.78, 5) is 12.8. The molecule has 0 aliphatic rings. The number of hydrogen-bond donors (Lipinski definition) is 0. The Morgan fingerprint density at radius 3 is 2.67 bits per heavy atom. The van der Waals surface area contributed by atoms with Gasteiger partial charge in [0.1, 0.15) is 5.52 Å². The van der Waals surface area contributed by atoms with Gasteiger partial charge < -0.3 is 0 Å². The van der Waals surface area contributed by atoms with Crippen molar-refractivity contribution in [3.8, 4) is 0 Å². The standard InChI is InChI=1S/C9H9N3/c1-6-7(2)12-9-8(11-6)4-3-5-10-9/h3-5H,1-2H3.